The van der Waals surface area contributed by atoms with E-state index >= 15 is 0 Å². The standard InChI is InChI=1S/C16H21N3O2S2/c1-9(2)22-16-19-18-15(23-16)17-14(20)12(5)21-13-7-6-10(3)8-11(13)4/h6-9,12H,1-5H3,(H,17,18,20)/t12-/m0/s1. The summed E-state index contributed by atoms with van der Waals surface area (Å²) in [5, 5.41) is 11.7. The number of thioether (sulfide) groups is 1. The summed E-state index contributed by atoms with van der Waals surface area (Å²) in [7, 11) is 0. The molecule has 1 aromatic carbocycles. The lowest BCUT2D eigenvalue weighted by Gasteiger charge is -2.15. The van der Waals surface area contributed by atoms with Crippen LogP contribution in [0, 0.1) is 13.8 Å². The first kappa shape index (κ1) is 17.7. The molecule has 0 bridgehead atoms. The summed E-state index contributed by atoms with van der Waals surface area (Å²) in [6.07, 6.45) is -0.610. The molecular weight excluding hydrogens is 330 g/mol. The Labute approximate surface area is 144 Å². The number of nitrogens with one attached hydrogen (secondary N) is 1. The lowest BCUT2D eigenvalue weighted by Crippen LogP contribution is -2.30. The fourth-order valence-electron chi connectivity index (χ4n) is 1.89. The third kappa shape index (κ3) is 5.21. The zero-order valence-electron chi connectivity index (χ0n) is 13.9. The molecule has 0 spiro atoms. The Morgan fingerprint density at radius 1 is 1.26 bits per heavy atom. The van der Waals surface area contributed by atoms with Crippen molar-refractivity contribution in [2.24, 2.45) is 0 Å². The van der Waals surface area contributed by atoms with Crippen LogP contribution in [0.2, 0.25) is 0 Å². The van der Waals surface area contributed by atoms with Crippen molar-refractivity contribution in [1.29, 1.82) is 0 Å². The van der Waals surface area contributed by atoms with Gasteiger partial charge in [-0.25, -0.2) is 0 Å². The van der Waals surface area contributed by atoms with Crippen LogP contribution < -0.4 is 10.1 Å². The Morgan fingerprint density at radius 2 is 2.00 bits per heavy atom. The van der Waals surface area contributed by atoms with E-state index in [0.717, 1.165) is 15.5 Å². The maximum Gasteiger partial charge on any atom is 0.266 e. The average Bonchev–Trinajstić information content (AvgIpc) is 2.88. The summed E-state index contributed by atoms with van der Waals surface area (Å²) in [6, 6.07) is 5.88. The van der Waals surface area contributed by atoms with E-state index in [0.29, 0.717) is 16.1 Å². The Balaban J connectivity index is 1.95. The van der Waals surface area contributed by atoms with E-state index in [2.05, 4.69) is 29.4 Å². The fourth-order valence-corrected chi connectivity index (χ4v) is 3.87. The minimum atomic E-state index is -0.610. The van der Waals surface area contributed by atoms with Gasteiger partial charge in [-0.1, -0.05) is 54.6 Å². The molecule has 1 N–H and O–H groups in total. The SMILES string of the molecule is Cc1ccc(O[C@@H](C)C(=O)Nc2nnc(SC(C)C)s2)c(C)c1. The van der Waals surface area contributed by atoms with Crippen LogP contribution in [0.3, 0.4) is 0 Å². The van der Waals surface area contributed by atoms with Crippen molar-refractivity contribution in [2.75, 3.05) is 5.32 Å². The van der Waals surface area contributed by atoms with Crippen molar-refractivity contribution in [3.05, 3.63) is 29.3 Å². The number of aryl methyl sites for hydroxylation is 2. The predicted molar refractivity (Wildman–Crippen MR) is 95.5 cm³/mol. The fraction of sp³-hybridized carbons (Fsp3) is 0.438. The van der Waals surface area contributed by atoms with Gasteiger partial charge in [-0.05, 0) is 32.4 Å². The maximum atomic E-state index is 12.2. The predicted octanol–water partition coefficient (Wildman–Crippen LogP) is 4.06. The van der Waals surface area contributed by atoms with Crippen LogP contribution in [0.4, 0.5) is 5.13 Å². The summed E-state index contributed by atoms with van der Waals surface area (Å²) in [6.45, 7) is 9.88. The normalized spacial score (nSPS) is 12.3. The number of carbonyl (C=O) groups excluding carboxylic acids is 1. The first-order valence-electron chi connectivity index (χ1n) is 7.40. The van der Waals surface area contributed by atoms with Crippen LogP contribution in [0.1, 0.15) is 31.9 Å². The largest absolute Gasteiger partial charge is 0.481 e. The summed E-state index contributed by atoms with van der Waals surface area (Å²) >= 11 is 2.99. The van der Waals surface area contributed by atoms with Gasteiger partial charge >= 0.3 is 0 Å². The molecule has 5 nitrogen and oxygen atoms in total. The minimum Gasteiger partial charge on any atom is -0.481 e. The number of hydrogen-bond donors (Lipinski definition) is 1. The van der Waals surface area contributed by atoms with Crippen LogP contribution in [-0.2, 0) is 4.79 Å². The number of hydrogen-bond acceptors (Lipinski definition) is 6. The third-order valence-corrected chi connectivity index (χ3v) is 4.90. The molecule has 0 aliphatic heterocycles. The van der Waals surface area contributed by atoms with Crippen LogP contribution >= 0.6 is 23.1 Å². The van der Waals surface area contributed by atoms with E-state index in [9.17, 15) is 4.79 Å². The van der Waals surface area contributed by atoms with Gasteiger partial charge in [0.15, 0.2) is 10.4 Å². The van der Waals surface area contributed by atoms with Gasteiger partial charge in [-0.3, -0.25) is 10.1 Å². The minimum absolute atomic E-state index is 0.234. The molecule has 23 heavy (non-hydrogen) atoms. The van der Waals surface area contributed by atoms with E-state index < -0.39 is 6.10 Å². The number of aromatic nitrogens is 2. The number of anilines is 1. The van der Waals surface area contributed by atoms with E-state index in [-0.39, 0.29) is 5.91 Å². The first-order chi connectivity index (χ1) is 10.8. The Hall–Kier alpha value is -1.60. The molecule has 0 radical (unpaired) electrons. The van der Waals surface area contributed by atoms with E-state index in [4.69, 9.17) is 4.74 Å². The Kier molecular flexibility index (Phi) is 6.01. The van der Waals surface area contributed by atoms with Crippen molar-refractivity contribution in [2.45, 2.75) is 50.3 Å². The summed E-state index contributed by atoms with van der Waals surface area (Å²) in [5.74, 6) is 0.480. The second kappa shape index (κ2) is 7.79. The molecule has 0 fully saturated rings. The zero-order valence-corrected chi connectivity index (χ0v) is 15.5. The number of carbonyl (C=O) groups is 1. The van der Waals surface area contributed by atoms with Crippen LogP contribution in [0.15, 0.2) is 22.5 Å². The van der Waals surface area contributed by atoms with Crippen LogP contribution in [0.25, 0.3) is 0 Å². The smallest absolute Gasteiger partial charge is 0.266 e. The lowest BCUT2D eigenvalue weighted by molar-refractivity contribution is -0.122. The van der Waals surface area contributed by atoms with Crippen LogP contribution in [0.5, 0.6) is 5.75 Å². The molecule has 0 aliphatic carbocycles. The number of rotatable bonds is 6. The highest BCUT2D eigenvalue weighted by molar-refractivity contribution is 8.01. The van der Waals surface area contributed by atoms with Crippen molar-refractivity contribution in [3.63, 3.8) is 0 Å². The number of benzene rings is 1. The van der Waals surface area contributed by atoms with Gasteiger partial charge in [0.25, 0.3) is 5.91 Å². The molecule has 2 rings (SSSR count). The third-order valence-electron chi connectivity index (χ3n) is 2.98. The molecule has 124 valence electrons. The molecule has 1 atom stereocenters. The van der Waals surface area contributed by atoms with Crippen molar-refractivity contribution >= 4 is 34.1 Å². The number of nitrogens with zero attached hydrogens (tertiary/aromatic N) is 2. The summed E-state index contributed by atoms with van der Waals surface area (Å²) in [4.78, 5) is 12.2. The van der Waals surface area contributed by atoms with Gasteiger partial charge in [0.05, 0.1) is 0 Å². The molecule has 0 unspecified atom stereocenters. The van der Waals surface area contributed by atoms with Crippen molar-refractivity contribution in [3.8, 4) is 5.75 Å². The number of ether oxygens (including phenoxy) is 1. The average molecular weight is 351 g/mol. The highest BCUT2D eigenvalue weighted by atomic mass is 32.2. The Morgan fingerprint density at radius 3 is 2.65 bits per heavy atom. The Bertz CT molecular complexity index is 686. The first-order valence-corrected chi connectivity index (χ1v) is 9.09. The van der Waals surface area contributed by atoms with E-state index in [1.54, 1.807) is 18.7 Å². The molecule has 2 aromatic rings. The second-order valence-corrected chi connectivity index (χ2v) is 8.36. The molecule has 0 aliphatic rings. The summed E-state index contributed by atoms with van der Waals surface area (Å²) < 4.78 is 6.59. The van der Waals surface area contributed by atoms with Gasteiger partial charge in [-0.15, -0.1) is 10.2 Å². The molecular formula is C16H21N3O2S2. The highest BCUT2D eigenvalue weighted by Crippen LogP contribution is 2.28. The van der Waals surface area contributed by atoms with Gasteiger partial charge in [0.2, 0.25) is 5.13 Å². The second-order valence-electron chi connectivity index (χ2n) is 5.56. The molecule has 1 aromatic heterocycles. The monoisotopic (exact) mass is 351 g/mol. The number of amides is 1. The molecule has 0 saturated heterocycles. The zero-order chi connectivity index (χ0) is 17.0. The van der Waals surface area contributed by atoms with E-state index in [1.165, 1.54) is 11.3 Å². The topological polar surface area (TPSA) is 64.1 Å². The van der Waals surface area contributed by atoms with Crippen molar-refractivity contribution < 1.29 is 9.53 Å². The summed E-state index contributed by atoms with van der Waals surface area (Å²) in [5.41, 5.74) is 2.17. The molecule has 0 saturated carbocycles. The molecule has 1 heterocycles. The van der Waals surface area contributed by atoms with E-state index in [1.807, 2.05) is 32.0 Å². The highest BCUT2D eigenvalue weighted by Gasteiger charge is 2.18. The lowest BCUT2D eigenvalue weighted by atomic mass is 10.1. The van der Waals surface area contributed by atoms with Gasteiger partial charge < -0.3 is 4.74 Å². The molecule has 7 heteroatoms. The van der Waals surface area contributed by atoms with Crippen molar-refractivity contribution in [1.82, 2.24) is 10.2 Å². The molecule has 1 amide bonds. The maximum absolute atomic E-state index is 12.2. The van der Waals surface area contributed by atoms with Gasteiger partial charge in [0, 0.05) is 5.25 Å². The van der Waals surface area contributed by atoms with Gasteiger partial charge in [-0.2, -0.15) is 0 Å². The quantitative estimate of drug-likeness (QED) is 0.628. The van der Waals surface area contributed by atoms with Crippen LogP contribution in [-0.4, -0.2) is 27.5 Å². The van der Waals surface area contributed by atoms with Gasteiger partial charge in [0.1, 0.15) is 5.75 Å².